The van der Waals surface area contributed by atoms with Crippen LogP contribution in [0.3, 0.4) is 0 Å². The van der Waals surface area contributed by atoms with Gasteiger partial charge in [0.1, 0.15) is 0 Å². The molecule has 0 radical (unpaired) electrons. The molecule has 0 saturated carbocycles. The molecule has 0 heterocycles. The number of hydrogen-bond acceptors (Lipinski definition) is 2. The van der Waals surface area contributed by atoms with Crippen molar-refractivity contribution in [1.29, 1.82) is 0 Å². The van der Waals surface area contributed by atoms with Crippen molar-refractivity contribution in [2.75, 3.05) is 26.7 Å². The minimum atomic E-state index is 0. The highest BCUT2D eigenvalue weighted by Gasteiger charge is 2.10. The molecule has 4 heteroatoms. The van der Waals surface area contributed by atoms with Crippen molar-refractivity contribution in [2.45, 2.75) is 20.8 Å². The van der Waals surface area contributed by atoms with Crippen molar-refractivity contribution >= 4 is 0 Å². The van der Waals surface area contributed by atoms with Crippen LogP contribution in [-0.4, -0.2) is 42.1 Å². The molecule has 74 valence electrons. The zero-order chi connectivity index (χ0) is 6.62. The van der Waals surface area contributed by atoms with Gasteiger partial charge in [-0.2, -0.15) is 0 Å². The zero-order valence-corrected chi connectivity index (χ0v) is 8.46. The van der Waals surface area contributed by atoms with Crippen LogP contribution < -0.4 is 6.15 Å². The summed E-state index contributed by atoms with van der Waals surface area (Å²) in [7, 11) is 2.29. The third kappa shape index (κ3) is 7.74. The summed E-state index contributed by atoms with van der Waals surface area (Å²) < 4.78 is 1.21. The van der Waals surface area contributed by atoms with Gasteiger partial charge in [0.05, 0.1) is 26.7 Å². The molecule has 0 aliphatic rings. The lowest BCUT2D eigenvalue weighted by Crippen LogP contribution is -2.42. The zero-order valence-electron chi connectivity index (χ0n) is 8.46. The Morgan fingerprint density at radius 2 is 1.00 bits per heavy atom. The van der Waals surface area contributed by atoms with Crippen LogP contribution in [0, 0.1) is 0 Å². The summed E-state index contributed by atoms with van der Waals surface area (Å²) in [5.74, 6) is 0. The minimum absolute atomic E-state index is 0. The second kappa shape index (κ2) is 9.84. The molecule has 0 spiro atoms. The summed E-state index contributed by atoms with van der Waals surface area (Å²) in [6.45, 7) is 10.5. The standard InChI is InChI=1S/C7H18N.H3N.2H2O/c1-5-8(4,6-2)7-3;;;/h5-7H2,1-4H3;1H3;2*1H2/q+1;;;/p-1. The highest BCUT2D eigenvalue weighted by atomic mass is 16.0. The first-order valence-electron chi connectivity index (χ1n) is 3.52. The molecular formula is C7H24N2O2. The van der Waals surface area contributed by atoms with E-state index in [0.29, 0.717) is 0 Å². The van der Waals surface area contributed by atoms with E-state index in [1.165, 1.54) is 24.1 Å². The van der Waals surface area contributed by atoms with Gasteiger partial charge in [0.15, 0.2) is 0 Å². The van der Waals surface area contributed by atoms with Crippen molar-refractivity contribution in [2.24, 2.45) is 0 Å². The van der Waals surface area contributed by atoms with Crippen LogP contribution in [0.2, 0.25) is 0 Å². The number of hydrogen-bond donors (Lipinski definition) is 1. The molecule has 0 aliphatic heterocycles. The molecule has 0 unspecified atom stereocenters. The van der Waals surface area contributed by atoms with E-state index in [9.17, 15) is 0 Å². The van der Waals surface area contributed by atoms with Crippen LogP contribution in [0.15, 0.2) is 0 Å². The average molecular weight is 168 g/mol. The first kappa shape index (κ1) is 22.4. The van der Waals surface area contributed by atoms with Gasteiger partial charge in [0.25, 0.3) is 0 Å². The quantitative estimate of drug-likeness (QED) is 0.646. The Morgan fingerprint density at radius 3 is 1.00 bits per heavy atom. The van der Waals surface area contributed by atoms with E-state index >= 15 is 0 Å². The highest BCUT2D eigenvalue weighted by molar-refractivity contribution is 4.24. The van der Waals surface area contributed by atoms with Gasteiger partial charge < -0.3 is 21.6 Å². The van der Waals surface area contributed by atoms with Gasteiger partial charge >= 0.3 is 0 Å². The summed E-state index contributed by atoms with van der Waals surface area (Å²) in [6, 6.07) is 0. The van der Waals surface area contributed by atoms with Crippen LogP contribution >= 0.6 is 0 Å². The van der Waals surface area contributed by atoms with Crippen LogP contribution in [-0.2, 0) is 0 Å². The second-order valence-corrected chi connectivity index (χ2v) is 2.57. The molecular weight excluding hydrogens is 144 g/mol. The Hall–Kier alpha value is -0.160. The van der Waals surface area contributed by atoms with Crippen LogP contribution in [0.1, 0.15) is 20.8 Å². The maximum Gasteiger partial charge on any atom is 0.0755 e. The van der Waals surface area contributed by atoms with Crippen molar-refractivity contribution in [3.05, 3.63) is 0 Å². The maximum absolute atomic E-state index is 2.29. The second-order valence-electron chi connectivity index (χ2n) is 2.57. The minimum Gasteiger partial charge on any atom is -0.870 e. The van der Waals surface area contributed by atoms with Crippen LogP contribution in [0.4, 0.5) is 0 Å². The Morgan fingerprint density at radius 1 is 0.818 bits per heavy atom. The molecule has 0 amide bonds. The molecule has 0 aromatic heterocycles. The van der Waals surface area contributed by atoms with E-state index in [2.05, 4.69) is 27.8 Å². The molecule has 0 saturated heterocycles. The number of rotatable bonds is 3. The first-order chi connectivity index (χ1) is 3.68. The fraction of sp³-hybridized carbons (Fsp3) is 1.00. The maximum atomic E-state index is 2.29. The first-order valence-corrected chi connectivity index (χ1v) is 3.52. The van der Waals surface area contributed by atoms with Gasteiger partial charge in [0.2, 0.25) is 0 Å². The summed E-state index contributed by atoms with van der Waals surface area (Å²) >= 11 is 0. The van der Waals surface area contributed by atoms with Crippen molar-refractivity contribution in [3.63, 3.8) is 0 Å². The van der Waals surface area contributed by atoms with Crippen molar-refractivity contribution in [1.82, 2.24) is 6.15 Å². The predicted molar refractivity (Wildman–Crippen MR) is 47.7 cm³/mol. The third-order valence-electron chi connectivity index (χ3n) is 2.29. The normalized spacial score (nSPS) is 8.73. The monoisotopic (exact) mass is 168 g/mol. The van der Waals surface area contributed by atoms with Gasteiger partial charge in [-0.25, -0.2) is 0 Å². The number of nitrogens with zero attached hydrogens (tertiary/aromatic N) is 1. The average Bonchev–Trinajstić information content (AvgIpc) is 1.87. The molecule has 0 aliphatic carbocycles. The van der Waals surface area contributed by atoms with Gasteiger partial charge in [-0.1, -0.05) is 0 Å². The lowest BCUT2D eigenvalue weighted by atomic mass is 10.4. The van der Waals surface area contributed by atoms with Gasteiger partial charge in [-0.15, -0.1) is 0 Å². The lowest BCUT2D eigenvalue weighted by Gasteiger charge is -2.30. The summed E-state index contributed by atoms with van der Waals surface area (Å²) in [4.78, 5) is 0. The molecule has 6 N–H and O–H groups in total. The van der Waals surface area contributed by atoms with Gasteiger partial charge in [-0.3, -0.25) is 0 Å². The Balaban J connectivity index is -0.0000000817. The van der Waals surface area contributed by atoms with E-state index in [1.54, 1.807) is 0 Å². The molecule has 0 aromatic rings. The van der Waals surface area contributed by atoms with Gasteiger partial charge in [0, 0.05) is 0 Å². The molecule has 0 fully saturated rings. The topological polar surface area (TPSA) is 96.5 Å². The molecule has 0 atom stereocenters. The van der Waals surface area contributed by atoms with E-state index in [0.717, 1.165) is 0 Å². The Bertz CT molecular complexity index is 57.2. The molecule has 11 heavy (non-hydrogen) atoms. The SMILES string of the molecule is CC[N+](C)(CC)CC.[NH4+].[OH-].[OH-]. The molecule has 0 aromatic carbocycles. The summed E-state index contributed by atoms with van der Waals surface area (Å²) in [6.07, 6.45) is 0. The summed E-state index contributed by atoms with van der Waals surface area (Å²) in [5.41, 5.74) is 0. The Labute approximate surface area is 70.0 Å². The van der Waals surface area contributed by atoms with E-state index < -0.39 is 0 Å². The third-order valence-corrected chi connectivity index (χ3v) is 2.29. The number of quaternary nitrogens is 2. The van der Waals surface area contributed by atoms with Crippen molar-refractivity contribution < 1.29 is 15.4 Å². The van der Waals surface area contributed by atoms with Crippen molar-refractivity contribution in [3.8, 4) is 0 Å². The predicted octanol–water partition coefficient (Wildman–Crippen LogP) is 1.52. The molecule has 0 bridgehead atoms. The highest BCUT2D eigenvalue weighted by Crippen LogP contribution is 1.97. The Kier molecular flexibility index (Phi) is 20.1. The van der Waals surface area contributed by atoms with Crippen LogP contribution in [0.25, 0.3) is 0 Å². The molecule has 4 nitrogen and oxygen atoms in total. The lowest BCUT2D eigenvalue weighted by molar-refractivity contribution is -0.904. The fourth-order valence-electron chi connectivity index (χ4n) is 0.671. The smallest absolute Gasteiger partial charge is 0.0755 e. The van der Waals surface area contributed by atoms with Crippen LogP contribution in [0.5, 0.6) is 0 Å². The summed E-state index contributed by atoms with van der Waals surface area (Å²) in [5, 5.41) is 0. The van der Waals surface area contributed by atoms with E-state index in [1.807, 2.05) is 0 Å². The largest absolute Gasteiger partial charge is 0.870 e. The fourth-order valence-corrected chi connectivity index (χ4v) is 0.671. The van der Waals surface area contributed by atoms with E-state index in [4.69, 9.17) is 0 Å². The molecule has 0 rings (SSSR count). The van der Waals surface area contributed by atoms with E-state index in [-0.39, 0.29) is 17.1 Å². The van der Waals surface area contributed by atoms with Gasteiger partial charge in [-0.05, 0) is 20.8 Å².